The Morgan fingerprint density at radius 2 is 1.93 bits per heavy atom. The van der Waals surface area contributed by atoms with Gasteiger partial charge >= 0.3 is 16.3 Å². The number of rotatable bonds is 9. The average molecular weight is 536 g/mol. The number of fused-ring (bicyclic) bond motifs is 1. The van der Waals surface area contributed by atoms with Gasteiger partial charge in [-0.25, -0.2) is 3.97 Å². The molecular weight excluding hydrogens is 507 g/mol. The zero-order chi connectivity index (χ0) is 22.0. The minimum Gasteiger partial charge on any atom is -0.462 e. The lowest BCUT2D eigenvalue weighted by molar-refractivity contribution is -0.159. The summed E-state index contributed by atoms with van der Waals surface area (Å²) < 4.78 is 38.5. The number of halogens is 1. The lowest BCUT2D eigenvalue weighted by atomic mass is 9.95. The summed E-state index contributed by atoms with van der Waals surface area (Å²) in [6, 6.07) is 5.69. The smallest absolute Gasteiger partial charge is 0.366 e. The number of nitrogens with zero attached hydrogens (tertiary/aromatic N) is 2. The van der Waals surface area contributed by atoms with Crippen LogP contribution < -0.4 is 0 Å². The van der Waals surface area contributed by atoms with Crippen LogP contribution in [0.2, 0.25) is 0 Å². The summed E-state index contributed by atoms with van der Waals surface area (Å²) in [5, 5.41) is 0.873. The minimum absolute atomic E-state index is 0.284. The molecule has 2 aromatic rings. The molecular formula is C20H29IN2O5S. The maximum Gasteiger partial charge on any atom is 0.366 e. The maximum atomic E-state index is 13.0. The van der Waals surface area contributed by atoms with Crippen LogP contribution in [0.15, 0.2) is 24.4 Å². The van der Waals surface area contributed by atoms with E-state index in [9.17, 15) is 13.2 Å². The van der Waals surface area contributed by atoms with Crippen LogP contribution in [-0.2, 0) is 30.4 Å². The SMILES string of the molecule is CC(C)OC(=O)C(C)(C)COS(=O)(=O)n1cc(CCN(C)C)c2ccc(I)cc21. The summed E-state index contributed by atoms with van der Waals surface area (Å²) in [6.45, 7) is 7.18. The Morgan fingerprint density at radius 1 is 1.28 bits per heavy atom. The zero-order valence-corrected chi connectivity index (χ0v) is 20.7. The first kappa shape index (κ1) is 24.1. The van der Waals surface area contributed by atoms with Crippen molar-refractivity contribution >= 4 is 49.8 Å². The third-order valence-electron chi connectivity index (χ3n) is 4.35. The number of carbonyl (C=O) groups excluding carboxylic acids is 1. The summed E-state index contributed by atoms with van der Waals surface area (Å²) >= 11 is 2.15. The summed E-state index contributed by atoms with van der Waals surface area (Å²) in [6.07, 6.45) is 2.03. The van der Waals surface area contributed by atoms with Crippen molar-refractivity contribution in [3.63, 3.8) is 0 Å². The standard InChI is InChI=1S/C20H29IN2O5S/c1-14(2)28-19(24)20(3,4)13-27-29(25,26)23-12-15(9-10-22(5)6)17-8-7-16(21)11-18(17)23/h7-8,11-12,14H,9-10,13H2,1-6H3. The number of hydrogen-bond acceptors (Lipinski definition) is 6. The van der Waals surface area contributed by atoms with Crippen LogP contribution in [0.1, 0.15) is 33.3 Å². The van der Waals surface area contributed by atoms with Gasteiger partial charge in [0.15, 0.2) is 0 Å². The van der Waals surface area contributed by atoms with Gasteiger partial charge in [-0.15, -0.1) is 0 Å². The predicted octanol–water partition coefficient (Wildman–Crippen LogP) is 3.44. The highest BCUT2D eigenvalue weighted by Crippen LogP contribution is 2.27. The number of hydrogen-bond donors (Lipinski definition) is 0. The van der Waals surface area contributed by atoms with Crippen molar-refractivity contribution in [2.45, 2.75) is 40.2 Å². The Balaban J connectivity index is 2.34. The lowest BCUT2D eigenvalue weighted by Gasteiger charge is -2.23. The van der Waals surface area contributed by atoms with E-state index in [2.05, 4.69) is 22.6 Å². The number of ether oxygens (including phenoxy) is 1. The first-order valence-electron chi connectivity index (χ1n) is 9.39. The van der Waals surface area contributed by atoms with Gasteiger partial charge in [-0.1, -0.05) is 6.07 Å². The molecule has 0 aliphatic heterocycles. The summed E-state index contributed by atoms with van der Waals surface area (Å²) in [5.74, 6) is -0.499. The fraction of sp³-hybridized carbons (Fsp3) is 0.550. The van der Waals surface area contributed by atoms with Gasteiger partial charge in [0.25, 0.3) is 0 Å². The molecule has 1 heterocycles. The van der Waals surface area contributed by atoms with Crippen molar-refractivity contribution < 1.29 is 22.1 Å². The minimum atomic E-state index is -4.12. The van der Waals surface area contributed by atoms with Gasteiger partial charge in [0.2, 0.25) is 0 Å². The van der Waals surface area contributed by atoms with Gasteiger partial charge in [0.05, 0.1) is 23.6 Å². The molecule has 0 bridgehead atoms. The Hall–Kier alpha value is -1.17. The van der Waals surface area contributed by atoms with E-state index in [0.717, 1.165) is 21.1 Å². The van der Waals surface area contributed by atoms with E-state index < -0.39 is 21.7 Å². The molecule has 0 fully saturated rings. The van der Waals surface area contributed by atoms with Crippen molar-refractivity contribution in [3.8, 4) is 0 Å². The van der Waals surface area contributed by atoms with Crippen molar-refractivity contribution in [2.75, 3.05) is 27.2 Å². The number of carbonyl (C=O) groups is 1. The molecule has 0 amide bonds. The molecule has 1 aromatic heterocycles. The van der Waals surface area contributed by atoms with Crippen LogP contribution in [0.4, 0.5) is 0 Å². The van der Waals surface area contributed by atoms with Crippen LogP contribution in [0.5, 0.6) is 0 Å². The summed E-state index contributed by atoms with van der Waals surface area (Å²) in [4.78, 5) is 14.3. The normalized spacial score (nSPS) is 12.9. The highest BCUT2D eigenvalue weighted by atomic mass is 127. The molecule has 0 aliphatic rings. The molecule has 162 valence electrons. The van der Waals surface area contributed by atoms with E-state index in [1.807, 2.05) is 37.2 Å². The van der Waals surface area contributed by atoms with Crippen molar-refractivity contribution in [1.29, 1.82) is 0 Å². The van der Waals surface area contributed by atoms with Gasteiger partial charge in [-0.3, -0.25) is 8.98 Å². The quantitative estimate of drug-likeness (QED) is 0.361. The molecule has 0 N–H and O–H groups in total. The van der Waals surface area contributed by atoms with Crippen molar-refractivity contribution in [3.05, 3.63) is 33.5 Å². The van der Waals surface area contributed by atoms with Gasteiger partial charge in [-0.2, -0.15) is 8.42 Å². The lowest BCUT2D eigenvalue weighted by Crippen LogP contribution is -2.34. The number of aromatic nitrogens is 1. The van der Waals surface area contributed by atoms with E-state index in [0.29, 0.717) is 11.9 Å². The summed E-state index contributed by atoms with van der Waals surface area (Å²) in [7, 11) is -0.180. The zero-order valence-electron chi connectivity index (χ0n) is 17.7. The molecule has 1 aromatic carbocycles. The first-order chi connectivity index (χ1) is 13.3. The number of esters is 1. The molecule has 29 heavy (non-hydrogen) atoms. The Labute approximate surface area is 186 Å². The van der Waals surface area contributed by atoms with Crippen LogP contribution in [-0.4, -0.2) is 56.6 Å². The molecule has 0 aliphatic carbocycles. The predicted molar refractivity (Wildman–Crippen MR) is 122 cm³/mol. The van der Waals surface area contributed by atoms with Gasteiger partial charge in [0.1, 0.15) is 0 Å². The summed E-state index contributed by atoms with van der Waals surface area (Å²) in [5.41, 5.74) is 0.395. The molecule has 0 atom stereocenters. The number of benzene rings is 1. The van der Waals surface area contributed by atoms with E-state index in [-0.39, 0.29) is 12.7 Å². The van der Waals surface area contributed by atoms with E-state index in [1.54, 1.807) is 33.9 Å². The molecule has 7 nitrogen and oxygen atoms in total. The molecule has 9 heteroatoms. The molecule has 0 unspecified atom stereocenters. The van der Waals surface area contributed by atoms with Crippen molar-refractivity contribution in [2.24, 2.45) is 5.41 Å². The largest absolute Gasteiger partial charge is 0.462 e. The van der Waals surface area contributed by atoms with E-state index in [4.69, 9.17) is 8.92 Å². The Morgan fingerprint density at radius 3 is 2.52 bits per heavy atom. The van der Waals surface area contributed by atoms with Crippen molar-refractivity contribution in [1.82, 2.24) is 8.87 Å². The third kappa shape index (κ3) is 6.16. The second kappa shape index (κ2) is 9.32. The first-order valence-corrected chi connectivity index (χ1v) is 11.8. The highest BCUT2D eigenvalue weighted by molar-refractivity contribution is 14.1. The molecule has 0 spiro atoms. The topological polar surface area (TPSA) is 77.8 Å². The Bertz CT molecular complexity index is 980. The average Bonchev–Trinajstić information content (AvgIpc) is 2.96. The highest BCUT2D eigenvalue weighted by Gasteiger charge is 2.33. The van der Waals surface area contributed by atoms with Crippen LogP contribution >= 0.6 is 22.6 Å². The van der Waals surface area contributed by atoms with Crippen LogP contribution in [0.25, 0.3) is 10.9 Å². The van der Waals surface area contributed by atoms with Gasteiger partial charge in [0, 0.05) is 21.7 Å². The maximum absolute atomic E-state index is 13.0. The van der Waals surface area contributed by atoms with E-state index in [1.165, 1.54) is 3.97 Å². The molecule has 0 saturated carbocycles. The fourth-order valence-electron chi connectivity index (χ4n) is 2.68. The van der Waals surface area contributed by atoms with Gasteiger partial charge in [-0.05, 0) is 88.5 Å². The third-order valence-corrected chi connectivity index (χ3v) is 6.22. The van der Waals surface area contributed by atoms with Gasteiger partial charge < -0.3 is 9.64 Å². The number of likely N-dealkylation sites (N-methyl/N-ethyl adjacent to an activating group) is 1. The Kier molecular flexibility index (Phi) is 7.74. The second-order valence-corrected chi connectivity index (χ2v) is 11.0. The fourth-order valence-corrected chi connectivity index (χ4v) is 4.36. The molecule has 0 saturated heterocycles. The van der Waals surface area contributed by atoms with E-state index >= 15 is 0 Å². The molecule has 0 radical (unpaired) electrons. The monoisotopic (exact) mass is 536 g/mol. The second-order valence-electron chi connectivity index (χ2n) is 8.22. The van der Waals surface area contributed by atoms with Crippen LogP contribution in [0.3, 0.4) is 0 Å². The molecule has 2 rings (SSSR count). The van der Waals surface area contributed by atoms with Crippen LogP contribution in [0, 0.1) is 8.99 Å².